The second-order valence-electron chi connectivity index (χ2n) is 4.25. The predicted molar refractivity (Wildman–Crippen MR) is 82.5 cm³/mol. The Labute approximate surface area is 124 Å². The van der Waals surface area contributed by atoms with Crippen LogP contribution in [0.2, 0.25) is 0 Å². The molecule has 0 radical (unpaired) electrons. The topological polar surface area (TPSA) is 63.6 Å². The van der Waals surface area contributed by atoms with Crippen molar-refractivity contribution in [3.05, 3.63) is 60.4 Å². The van der Waals surface area contributed by atoms with Crippen molar-refractivity contribution in [2.75, 3.05) is 5.73 Å². The van der Waals surface area contributed by atoms with Gasteiger partial charge in [0.2, 0.25) is 0 Å². The molecule has 0 bridgehead atoms. The fraction of sp³-hybridized carbons (Fsp3) is 0. The van der Waals surface area contributed by atoms with E-state index in [9.17, 15) is 4.39 Å². The zero-order valence-corrected chi connectivity index (χ0v) is 11.7. The van der Waals surface area contributed by atoms with Gasteiger partial charge in [-0.05, 0) is 36.4 Å². The standard InChI is InChI=1S/C15H11FN4S/c16-11-8-6-10(7-9-11)13-14(21-15(17)18-13)20-19-12-4-2-1-3-5-12/h1-9H,(H2,17,18). The number of nitrogens with zero attached hydrogens (tertiary/aromatic N) is 3. The van der Waals surface area contributed by atoms with E-state index in [-0.39, 0.29) is 5.82 Å². The highest BCUT2D eigenvalue weighted by molar-refractivity contribution is 7.19. The summed E-state index contributed by atoms with van der Waals surface area (Å²) in [5.74, 6) is -0.297. The highest BCUT2D eigenvalue weighted by atomic mass is 32.1. The van der Waals surface area contributed by atoms with Crippen LogP contribution in [-0.2, 0) is 0 Å². The Bertz CT molecular complexity index is 766. The highest BCUT2D eigenvalue weighted by Crippen LogP contribution is 2.37. The molecule has 0 amide bonds. The minimum Gasteiger partial charge on any atom is -0.375 e. The first kappa shape index (κ1) is 13.4. The quantitative estimate of drug-likeness (QED) is 0.695. The lowest BCUT2D eigenvalue weighted by molar-refractivity contribution is 0.628. The lowest BCUT2D eigenvalue weighted by atomic mass is 10.1. The van der Waals surface area contributed by atoms with Crippen LogP contribution in [0, 0.1) is 5.82 Å². The molecule has 1 aromatic heterocycles. The van der Waals surface area contributed by atoms with E-state index in [1.54, 1.807) is 12.1 Å². The summed E-state index contributed by atoms with van der Waals surface area (Å²) in [5.41, 5.74) is 7.86. The molecule has 0 saturated heterocycles. The van der Waals surface area contributed by atoms with E-state index in [0.29, 0.717) is 15.8 Å². The van der Waals surface area contributed by atoms with Crippen molar-refractivity contribution < 1.29 is 4.39 Å². The summed E-state index contributed by atoms with van der Waals surface area (Å²) < 4.78 is 13.0. The average Bonchev–Trinajstić information content (AvgIpc) is 2.88. The Morgan fingerprint density at radius 1 is 0.952 bits per heavy atom. The molecular formula is C15H11FN4S. The third kappa shape index (κ3) is 3.11. The fourth-order valence-corrected chi connectivity index (χ4v) is 2.47. The third-order valence-electron chi connectivity index (χ3n) is 2.76. The minimum atomic E-state index is -0.297. The van der Waals surface area contributed by atoms with Gasteiger partial charge in [-0.1, -0.05) is 29.5 Å². The number of hydrogen-bond donors (Lipinski definition) is 1. The summed E-state index contributed by atoms with van der Waals surface area (Å²) in [4.78, 5) is 4.24. The molecular weight excluding hydrogens is 287 g/mol. The fourth-order valence-electron chi connectivity index (χ4n) is 1.79. The molecule has 3 aromatic rings. The summed E-state index contributed by atoms with van der Waals surface area (Å²) in [6, 6.07) is 15.4. The van der Waals surface area contributed by atoms with Gasteiger partial charge in [0.15, 0.2) is 10.1 Å². The normalized spacial score (nSPS) is 11.1. The maximum absolute atomic E-state index is 13.0. The Morgan fingerprint density at radius 3 is 2.38 bits per heavy atom. The van der Waals surface area contributed by atoms with E-state index in [1.165, 1.54) is 23.5 Å². The molecule has 2 N–H and O–H groups in total. The number of halogens is 1. The average molecular weight is 298 g/mol. The first-order chi connectivity index (χ1) is 10.2. The molecule has 0 atom stereocenters. The van der Waals surface area contributed by atoms with Gasteiger partial charge >= 0.3 is 0 Å². The van der Waals surface area contributed by atoms with Gasteiger partial charge in [0.05, 0.1) is 5.69 Å². The van der Waals surface area contributed by atoms with Crippen molar-refractivity contribution >= 4 is 27.2 Å². The van der Waals surface area contributed by atoms with Crippen molar-refractivity contribution in [2.45, 2.75) is 0 Å². The zero-order valence-electron chi connectivity index (χ0n) is 10.9. The van der Waals surface area contributed by atoms with Crippen LogP contribution in [0.3, 0.4) is 0 Å². The monoisotopic (exact) mass is 298 g/mol. The maximum atomic E-state index is 13.0. The minimum absolute atomic E-state index is 0.297. The second-order valence-corrected chi connectivity index (χ2v) is 5.26. The number of nitrogens with two attached hydrogens (primary N) is 1. The number of aromatic nitrogens is 1. The van der Waals surface area contributed by atoms with Crippen LogP contribution in [-0.4, -0.2) is 4.98 Å². The third-order valence-corrected chi connectivity index (χ3v) is 3.52. The molecule has 6 heteroatoms. The number of anilines is 1. The first-order valence-electron chi connectivity index (χ1n) is 6.21. The van der Waals surface area contributed by atoms with E-state index in [0.717, 1.165) is 11.3 Å². The molecule has 21 heavy (non-hydrogen) atoms. The summed E-state index contributed by atoms with van der Waals surface area (Å²) in [6.45, 7) is 0. The number of benzene rings is 2. The highest BCUT2D eigenvalue weighted by Gasteiger charge is 2.11. The van der Waals surface area contributed by atoms with Crippen LogP contribution in [0.15, 0.2) is 64.8 Å². The van der Waals surface area contributed by atoms with Crippen molar-refractivity contribution in [3.63, 3.8) is 0 Å². The summed E-state index contributed by atoms with van der Waals surface area (Å²) in [5, 5.41) is 9.36. The molecule has 0 unspecified atom stereocenters. The van der Waals surface area contributed by atoms with Gasteiger partial charge < -0.3 is 5.73 Å². The summed E-state index contributed by atoms with van der Waals surface area (Å²) in [6.07, 6.45) is 0. The molecule has 0 spiro atoms. The van der Waals surface area contributed by atoms with Crippen LogP contribution in [0.5, 0.6) is 0 Å². The second kappa shape index (κ2) is 5.80. The number of thiazole rings is 1. The summed E-state index contributed by atoms with van der Waals surface area (Å²) >= 11 is 1.25. The zero-order chi connectivity index (χ0) is 14.7. The van der Waals surface area contributed by atoms with E-state index in [4.69, 9.17) is 5.73 Å². The van der Waals surface area contributed by atoms with Crippen LogP contribution in [0.4, 0.5) is 20.2 Å². The Hall–Kier alpha value is -2.60. The van der Waals surface area contributed by atoms with Crippen LogP contribution in [0.1, 0.15) is 0 Å². The largest absolute Gasteiger partial charge is 0.375 e. The van der Waals surface area contributed by atoms with Crippen molar-refractivity contribution in [3.8, 4) is 11.3 Å². The van der Waals surface area contributed by atoms with Crippen molar-refractivity contribution in [2.24, 2.45) is 10.2 Å². The van der Waals surface area contributed by atoms with Gasteiger partial charge in [0, 0.05) is 5.56 Å². The maximum Gasteiger partial charge on any atom is 0.182 e. The van der Waals surface area contributed by atoms with E-state index < -0.39 is 0 Å². The van der Waals surface area contributed by atoms with E-state index in [2.05, 4.69) is 15.2 Å². The van der Waals surface area contributed by atoms with Gasteiger partial charge in [-0.2, -0.15) is 0 Å². The molecule has 104 valence electrons. The molecule has 0 aliphatic carbocycles. The molecule has 2 aromatic carbocycles. The number of rotatable bonds is 3. The smallest absolute Gasteiger partial charge is 0.182 e. The lowest BCUT2D eigenvalue weighted by Crippen LogP contribution is -1.83. The van der Waals surface area contributed by atoms with Gasteiger partial charge in [0.1, 0.15) is 11.5 Å². The van der Waals surface area contributed by atoms with Gasteiger partial charge in [-0.25, -0.2) is 9.37 Å². The van der Waals surface area contributed by atoms with Crippen molar-refractivity contribution in [1.82, 2.24) is 4.98 Å². The molecule has 1 heterocycles. The van der Waals surface area contributed by atoms with Crippen LogP contribution in [0.25, 0.3) is 11.3 Å². The Morgan fingerprint density at radius 2 is 1.67 bits per heavy atom. The molecule has 3 rings (SSSR count). The van der Waals surface area contributed by atoms with Crippen molar-refractivity contribution in [1.29, 1.82) is 0 Å². The Kier molecular flexibility index (Phi) is 3.70. The molecule has 0 aliphatic heterocycles. The molecule has 0 saturated carbocycles. The molecule has 0 aliphatic rings. The van der Waals surface area contributed by atoms with E-state index >= 15 is 0 Å². The number of hydrogen-bond acceptors (Lipinski definition) is 5. The number of nitrogen functional groups attached to an aromatic ring is 1. The molecule has 0 fully saturated rings. The van der Waals surface area contributed by atoms with Gasteiger partial charge in [-0.15, -0.1) is 10.2 Å². The van der Waals surface area contributed by atoms with Crippen LogP contribution < -0.4 is 5.73 Å². The number of azo groups is 1. The van der Waals surface area contributed by atoms with Gasteiger partial charge in [-0.3, -0.25) is 0 Å². The first-order valence-corrected chi connectivity index (χ1v) is 7.03. The lowest BCUT2D eigenvalue weighted by Gasteiger charge is -1.97. The summed E-state index contributed by atoms with van der Waals surface area (Å²) in [7, 11) is 0. The van der Waals surface area contributed by atoms with E-state index in [1.807, 2.05) is 30.3 Å². The molecule has 4 nitrogen and oxygen atoms in total. The predicted octanol–water partition coefficient (Wildman–Crippen LogP) is 4.95. The SMILES string of the molecule is Nc1nc(-c2ccc(F)cc2)c(N=Nc2ccccc2)s1. The van der Waals surface area contributed by atoms with Gasteiger partial charge in [0.25, 0.3) is 0 Å². The van der Waals surface area contributed by atoms with Crippen LogP contribution >= 0.6 is 11.3 Å². The Balaban J connectivity index is 1.96.